The fraction of sp³-hybridized carbons (Fsp3) is 0.625. The zero-order chi connectivity index (χ0) is 10.2. The summed E-state index contributed by atoms with van der Waals surface area (Å²) in [5, 5.41) is 0.794. The van der Waals surface area contributed by atoms with Gasteiger partial charge in [-0.3, -0.25) is 0 Å². The van der Waals surface area contributed by atoms with E-state index in [4.69, 9.17) is 0 Å². The van der Waals surface area contributed by atoms with Crippen molar-refractivity contribution in [3.8, 4) is 0 Å². The normalized spacial score (nSPS) is 18.9. The summed E-state index contributed by atoms with van der Waals surface area (Å²) in [6, 6.07) is 0. The lowest BCUT2D eigenvalue weighted by Crippen LogP contribution is -2.27. The number of hydrogen-bond acceptors (Lipinski definition) is 4. The van der Waals surface area contributed by atoms with Crippen molar-refractivity contribution in [3.63, 3.8) is 0 Å². The van der Waals surface area contributed by atoms with Crippen LogP contribution in [0.25, 0.3) is 0 Å². The van der Waals surface area contributed by atoms with E-state index >= 15 is 0 Å². The van der Waals surface area contributed by atoms with Gasteiger partial charge in [-0.15, -0.1) is 11.3 Å². The standard InChI is InChI=1S/C8H12N2O2S2/c1-7-9-6-8(13-7)14(11,12)10-4-2-3-5-10/h6H,2-5H2,1H3. The molecule has 1 fully saturated rings. The second-order valence-electron chi connectivity index (χ2n) is 3.31. The number of thiazole rings is 1. The Morgan fingerprint density at radius 1 is 1.43 bits per heavy atom. The highest BCUT2D eigenvalue weighted by molar-refractivity contribution is 7.91. The third kappa shape index (κ3) is 1.69. The maximum absolute atomic E-state index is 11.9. The maximum Gasteiger partial charge on any atom is 0.254 e. The van der Waals surface area contributed by atoms with Gasteiger partial charge in [0.25, 0.3) is 10.0 Å². The van der Waals surface area contributed by atoms with E-state index in [1.807, 2.05) is 6.92 Å². The fourth-order valence-corrected chi connectivity index (χ4v) is 4.30. The molecular weight excluding hydrogens is 220 g/mol. The molecule has 0 unspecified atom stereocenters. The summed E-state index contributed by atoms with van der Waals surface area (Å²) in [4.78, 5) is 3.97. The summed E-state index contributed by atoms with van der Waals surface area (Å²) in [5.41, 5.74) is 0. The third-order valence-corrected chi connectivity index (χ3v) is 5.51. The zero-order valence-corrected chi connectivity index (χ0v) is 9.57. The van der Waals surface area contributed by atoms with Crippen LogP contribution in [0.3, 0.4) is 0 Å². The molecule has 4 nitrogen and oxygen atoms in total. The lowest BCUT2D eigenvalue weighted by atomic mass is 10.4. The smallest absolute Gasteiger partial charge is 0.249 e. The van der Waals surface area contributed by atoms with E-state index in [0.29, 0.717) is 17.3 Å². The Hall–Kier alpha value is -0.460. The summed E-state index contributed by atoms with van der Waals surface area (Å²) in [5.74, 6) is 0. The Morgan fingerprint density at radius 3 is 2.57 bits per heavy atom. The van der Waals surface area contributed by atoms with E-state index < -0.39 is 10.0 Å². The fourth-order valence-electron chi connectivity index (χ4n) is 1.52. The molecule has 1 aromatic rings. The van der Waals surface area contributed by atoms with Gasteiger partial charge in [-0.05, 0) is 19.8 Å². The van der Waals surface area contributed by atoms with E-state index in [1.165, 1.54) is 17.5 Å². The van der Waals surface area contributed by atoms with Gasteiger partial charge in [0.1, 0.15) is 0 Å². The van der Waals surface area contributed by atoms with Crippen LogP contribution in [-0.4, -0.2) is 30.8 Å². The number of nitrogens with zero attached hydrogens (tertiary/aromatic N) is 2. The molecule has 1 aromatic heterocycles. The first kappa shape index (κ1) is 10.1. The molecule has 0 bridgehead atoms. The molecule has 0 N–H and O–H groups in total. The van der Waals surface area contributed by atoms with Crippen LogP contribution in [0.2, 0.25) is 0 Å². The topological polar surface area (TPSA) is 50.3 Å². The number of hydrogen-bond donors (Lipinski definition) is 0. The second-order valence-corrected chi connectivity index (χ2v) is 6.71. The van der Waals surface area contributed by atoms with Crippen LogP contribution in [0, 0.1) is 6.92 Å². The molecule has 0 radical (unpaired) electrons. The highest BCUT2D eigenvalue weighted by atomic mass is 32.2. The molecular formula is C8H12N2O2S2. The van der Waals surface area contributed by atoms with E-state index in [0.717, 1.165) is 17.8 Å². The Kier molecular flexibility index (Phi) is 2.59. The maximum atomic E-state index is 11.9. The van der Waals surface area contributed by atoms with Crippen molar-refractivity contribution < 1.29 is 8.42 Å². The van der Waals surface area contributed by atoms with Crippen LogP contribution in [-0.2, 0) is 10.0 Å². The minimum Gasteiger partial charge on any atom is -0.249 e. The Labute approximate surface area is 87.6 Å². The van der Waals surface area contributed by atoms with Gasteiger partial charge in [0, 0.05) is 13.1 Å². The lowest BCUT2D eigenvalue weighted by molar-refractivity contribution is 0.479. The molecule has 0 aromatic carbocycles. The van der Waals surface area contributed by atoms with Crippen molar-refractivity contribution in [1.82, 2.24) is 9.29 Å². The van der Waals surface area contributed by atoms with Crippen molar-refractivity contribution in [1.29, 1.82) is 0 Å². The van der Waals surface area contributed by atoms with Gasteiger partial charge in [0.15, 0.2) is 4.21 Å². The molecule has 14 heavy (non-hydrogen) atoms. The van der Waals surface area contributed by atoms with Gasteiger partial charge >= 0.3 is 0 Å². The predicted octanol–water partition coefficient (Wildman–Crippen LogP) is 1.24. The SMILES string of the molecule is Cc1ncc(S(=O)(=O)N2CCCC2)s1. The molecule has 0 saturated carbocycles. The van der Waals surface area contributed by atoms with Gasteiger partial charge in [0.05, 0.1) is 11.2 Å². The first-order chi connectivity index (χ1) is 6.60. The number of aromatic nitrogens is 1. The van der Waals surface area contributed by atoms with Crippen molar-refractivity contribution in [2.45, 2.75) is 24.0 Å². The van der Waals surface area contributed by atoms with Gasteiger partial charge in [-0.25, -0.2) is 13.4 Å². The summed E-state index contributed by atoms with van der Waals surface area (Å²) in [7, 11) is -3.23. The monoisotopic (exact) mass is 232 g/mol. The summed E-state index contributed by atoms with van der Waals surface area (Å²) in [6.45, 7) is 3.12. The van der Waals surface area contributed by atoms with Crippen molar-refractivity contribution in [2.75, 3.05) is 13.1 Å². The minimum absolute atomic E-state index is 0.372. The average Bonchev–Trinajstić information content (AvgIpc) is 2.72. The van der Waals surface area contributed by atoms with E-state index in [-0.39, 0.29) is 0 Å². The van der Waals surface area contributed by atoms with Crippen LogP contribution in [0.15, 0.2) is 10.4 Å². The molecule has 1 aliphatic heterocycles. The van der Waals surface area contributed by atoms with Gasteiger partial charge < -0.3 is 0 Å². The van der Waals surface area contributed by atoms with Crippen LogP contribution >= 0.6 is 11.3 Å². The largest absolute Gasteiger partial charge is 0.254 e. The lowest BCUT2D eigenvalue weighted by Gasteiger charge is -2.12. The highest BCUT2D eigenvalue weighted by Gasteiger charge is 2.28. The molecule has 1 saturated heterocycles. The number of sulfonamides is 1. The second kappa shape index (κ2) is 3.60. The van der Waals surface area contributed by atoms with E-state index in [2.05, 4.69) is 4.98 Å². The quantitative estimate of drug-likeness (QED) is 0.770. The molecule has 0 spiro atoms. The Balaban J connectivity index is 2.32. The van der Waals surface area contributed by atoms with Crippen LogP contribution in [0.4, 0.5) is 0 Å². The minimum atomic E-state index is -3.23. The van der Waals surface area contributed by atoms with Gasteiger partial charge in [-0.2, -0.15) is 4.31 Å². The Bertz CT molecular complexity index is 418. The highest BCUT2D eigenvalue weighted by Crippen LogP contribution is 2.24. The van der Waals surface area contributed by atoms with Crippen LogP contribution in [0.1, 0.15) is 17.8 Å². The third-order valence-electron chi connectivity index (χ3n) is 2.26. The van der Waals surface area contributed by atoms with E-state index in [9.17, 15) is 8.42 Å². The summed E-state index contributed by atoms with van der Waals surface area (Å²) >= 11 is 1.24. The molecule has 0 atom stereocenters. The number of aryl methyl sites for hydroxylation is 1. The van der Waals surface area contributed by atoms with Crippen molar-refractivity contribution in [2.24, 2.45) is 0 Å². The van der Waals surface area contributed by atoms with Crippen molar-refractivity contribution >= 4 is 21.4 Å². The average molecular weight is 232 g/mol. The van der Waals surface area contributed by atoms with Crippen LogP contribution in [0.5, 0.6) is 0 Å². The van der Waals surface area contributed by atoms with Gasteiger partial charge in [-0.1, -0.05) is 0 Å². The zero-order valence-electron chi connectivity index (χ0n) is 7.93. The number of rotatable bonds is 2. The molecule has 2 heterocycles. The van der Waals surface area contributed by atoms with Gasteiger partial charge in [0.2, 0.25) is 0 Å². The molecule has 1 aliphatic rings. The van der Waals surface area contributed by atoms with E-state index in [1.54, 1.807) is 4.31 Å². The molecule has 0 aliphatic carbocycles. The first-order valence-electron chi connectivity index (χ1n) is 4.53. The summed E-state index contributed by atoms with van der Waals surface area (Å²) < 4.78 is 25.8. The summed E-state index contributed by atoms with van der Waals surface area (Å²) in [6.07, 6.45) is 3.39. The molecule has 0 amide bonds. The molecule has 6 heteroatoms. The Morgan fingerprint density at radius 2 is 2.07 bits per heavy atom. The predicted molar refractivity (Wildman–Crippen MR) is 54.8 cm³/mol. The first-order valence-corrected chi connectivity index (χ1v) is 6.79. The molecule has 2 rings (SSSR count). The van der Waals surface area contributed by atoms with Crippen molar-refractivity contribution in [3.05, 3.63) is 11.2 Å². The van der Waals surface area contributed by atoms with Crippen LogP contribution < -0.4 is 0 Å². The molecule has 78 valence electrons.